The minimum atomic E-state index is -0.287. The molecule has 14 heavy (non-hydrogen) atoms. The molecule has 0 unspecified atom stereocenters. The number of carbonyl (C=O) groups is 1. The minimum absolute atomic E-state index is 0.134. The van der Waals surface area contributed by atoms with Crippen LogP contribution in [-0.2, 0) is 14.4 Å². The van der Waals surface area contributed by atoms with Gasteiger partial charge in [0.1, 0.15) is 6.04 Å². The molecule has 0 saturated carbocycles. The Morgan fingerprint density at radius 1 is 1.36 bits per heavy atom. The summed E-state index contributed by atoms with van der Waals surface area (Å²) in [5, 5.41) is 0. The first kappa shape index (κ1) is 11.5. The highest BCUT2D eigenvalue weighted by molar-refractivity contribution is 5.76. The number of hydrogen-bond acceptors (Lipinski definition) is 4. The molecule has 0 bridgehead atoms. The van der Waals surface area contributed by atoms with Crippen molar-refractivity contribution in [3.05, 3.63) is 0 Å². The summed E-state index contributed by atoms with van der Waals surface area (Å²) < 4.78 is 4.97. The second kappa shape index (κ2) is 5.32. The third-order valence-corrected chi connectivity index (χ3v) is 2.67. The van der Waals surface area contributed by atoms with E-state index in [0.29, 0.717) is 6.61 Å². The number of carbonyl (C=O) groups excluding carboxylic acids is 1. The number of hydroxylamine groups is 1. The van der Waals surface area contributed by atoms with Crippen LogP contribution >= 0.6 is 0 Å². The number of hydrogen-bond donors (Lipinski definition) is 1. The lowest BCUT2D eigenvalue weighted by molar-refractivity contribution is -0.147. The highest BCUT2D eigenvalue weighted by Crippen LogP contribution is 2.25. The summed E-state index contributed by atoms with van der Waals surface area (Å²) in [6, 6.07) is -0.287. The van der Waals surface area contributed by atoms with E-state index < -0.39 is 0 Å². The van der Waals surface area contributed by atoms with Crippen molar-refractivity contribution in [3.8, 4) is 0 Å². The summed E-state index contributed by atoms with van der Waals surface area (Å²) in [7, 11) is 0. The predicted molar refractivity (Wildman–Crippen MR) is 52.5 cm³/mol. The summed E-state index contributed by atoms with van der Waals surface area (Å²) in [5.74, 6) is 0.0364. The SMILES string of the molecule is CCOC(=O)[C@@H]1NO[C@@H](CC)[C@@H]1CC. The Bertz CT molecular complexity index is 196. The Kier molecular flexibility index (Phi) is 4.35. The second-order valence-corrected chi connectivity index (χ2v) is 3.48. The molecule has 0 aromatic heterocycles. The highest BCUT2D eigenvalue weighted by Gasteiger charge is 2.40. The second-order valence-electron chi connectivity index (χ2n) is 3.48. The minimum Gasteiger partial charge on any atom is -0.465 e. The van der Waals surface area contributed by atoms with Gasteiger partial charge in [-0.25, -0.2) is 0 Å². The van der Waals surface area contributed by atoms with Crippen LogP contribution in [0.2, 0.25) is 0 Å². The number of nitrogens with one attached hydrogen (secondary N) is 1. The molecule has 3 atom stereocenters. The highest BCUT2D eigenvalue weighted by atomic mass is 16.7. The van der Waals surface area contributed by atoms with Gasteiger partial charge < -0.3 is 4.74 Å². The number of esters is 1. The van der Waals surface area contributed by atoms with Crippen molar-refractivity contribution in [2.75, 3.05) is 6.61 Å². The van der Waals surface area contributed by atoms with Gasteiger partial charge in [0, 0.05) is 5.92 Å². The summed E-state index contributed by atoms with van der Waals surface area (Å²) >= 11 is 0. The standard InChI is InChI=1S/C10H19NO3/c1-4-7-8(5-2)14-11-9(7)10(12)13-6-3/h7-9,11H,4-6H2,1-3H3/t7-,8-,9+/m0/s1. The van der Waals surface area contributed by atoms with E-state index in [0.717, 1.165) is 12.8 Å². The maximum atomic E-state index is 11.5. The molecule has 82 valence electrons. The van der Waals surface area contributed by atoms with Crippen molar-refractivity contribution in [1.82, 2.24) is 5.48 Å². The normalized spacial score (nSPS) is 31.8. The molecule has 4 nitrogen and oxygen atoms in total. The molecule has 1 fully saturated rings. The first-order valence-electron chi connectivity index (χ1n) is 5.32. The summed E-state index contributed by atoms with van der Waals surface area (Å²) in [6.07, 6.45) is 1.98. The van der Waals surface area contributed by atoms with Gasteiger partial charge in [0.2, 0.25) is 0 Å². The van der Waals surface area contributed by atoms with Gasteiger partial charge in [-0.15, -0.1) is 0 Å². The third kappa shape index (κ3) is 2.25. The van der Waals surface area contributed by atoms with Gasteiger partial charge >= 0.3 is 5.97 Å². The van der Waals surface area contributed by atoms with Crippen LogP contribution in [0.3, 0.4) is 0 Å². The zero-order valence-corrected chi connectivity index (χ0v) is 9.08. The number of ether oxygens (including phenoxy) is 1. The summed E-state index contributed by atoms with van der Waals surface area (Å²) in [4.78, 5) is 16.8. The smallest absolute Gasteiger partial charge is 0.325 e. The Morgan fingerprint density at radius 3 is 2.57 bits per heavy atom. The molecule has 1 rings (SSSR count). The molecule has 1 heterocycles. The van der Waals surface area contributed by atoms with E-state index in [9.17, 15) is 4.79 Å². The van der Waals surface area contributed by atoms with E-state index in [4.69, 9.17) is 9.57 Å². The van der Waals surface area contributed by atoms with Gasteiger partial charge in [-0.05, 0) is 19.8 Å². The maximum absolute atomic E-state index is 11.5. The van der Waals surface area contributed by atoms with Crippen LogP contribution in [0.15, 0.2) is 0 Å². The fraction of sp³-hybridized carbons (Fsp3) is 0.900. The van der Waals surface area contributed by atoms with Crippen LogP contribution in [0.1, 0.15) is 33.6 Å². The van der Waals surface area contributed by atoms with Crippen LogP contribution in [0.25, 0.3) is 0 Å². The van der Waals surface area contributed by atoms with Gasteiger partial charge in [-0.1, -0.05) is 13.8 Å². The van der Waals surface area contributed by atoms with Crippen molar-refractivity contribution in [2.45, 2.75) is 45.8 Å². The van der Waals surface area contributed by atoms with Crippen molar-refractivity contribution < 1.29 is 14.4 Å². The van der Waals surface area contributed by atoms with Gasteiger partial charge in [0.05, 0.1) is 12.7 Å². The molecule has 0 aliphatic carbocycles. The fourth-order valence-electron chi connectivity index (χ4n) is 1.89. The van der Waals surface area contributed by atoms with Crippen LogP contribution in [-0.4, -0.2) is 24.7 Å². The van der Waals surface area contributed by atoms with Crippen LogP contribution in [0, 0.1) is 5.92 Å². The van der Waals surface area contributed by atoms with Gasteiger partial charge in [-0.2, -0.15) is 5.48 Å². The van der Waals surface area contributed by atoms with Crippen molar-refractivity contribution >= 4 is 5.97 Å². The molecule has 0 aromatic rings. The molecule has 0 radical (unpaired) electrons. The van der Waals surface area contributed by atoms with E-state index in [2.05, 4.69) is 19.3 Å². The monoisotopic (exact) mass is 201 g/mol. The van der Waals surface area contributed by atoms with E-state index >= 15 is 0 Å². The quantitative estimate of drug-likeness (QED) is 0.696. The van der Waals surface area contributed by atoms with Gasteiger partial charge in [0.25, 0.3) is 0 Å². The number of rotatable bonds is 4. The lowest BCUT2D eigenvalue weighted by atomic mass is 9.91. The predicted octanol–water partition coefficient (Wildman–Crippen LogP) is 1.26. The zero-order valence-electron chi connectivity index (χ0n) is 9.08. The molecule has 0 spiro atoms. The lowest BCUT2D eigenvalue weighted by Crippen LogP contribution is -2.37. The third-order valence-electron chi connectivity index (χ3n) is 2.67. The van der Waals surface area contributed by atoms with E-state index in [1.165, 1.54) is 0 Å². The van der Waals surface area contributed by atoms with Crippen LogP contribution in [0.5, 0.6) is 0 Å². The lowest BCUT2D eigenvalue weighted by Gasteiger charge is -2.17. The molecule has 1 aliphatic heterocycles. The van der Waals surface area contributed by atoms with Gasteiger partial charge in [-0.3, -0.25) is 9.63 Å². The first-order chi connectivity index (χ1) is 6.74. The molecule has 1 saturated heterocycles. The summed E-state index contributed by atoms with van der Waals surface area (Å²) in [6.45, 7) is 6.36. The molecule has 0 aromatic carbocycles. The average Bonchev–Trinajstić information content (AvgIpc) is 2.60. The maximum Gasteiger partial charge on any atom is 0.325 e. The first-order valence-corrected chi connectivity index (χ1v) is 5.32. The van der Waals surface area contributed by atoms with Crippen molar-refractivity contribution in [1.29, 1.82) is 0 Å². The Hall–Kier alpha value is -0.610. The van der Waals surface area contributed by atoms with Crippen molar-refractivity contribution in [3.63, 3.8) is 0 Å². The topological polar surface area (TPSA) is 47.6 Å². The van der Waals surface area contributed by atoms with E-state index in [1.54, 1.807) is 0 Å². The van der Waals surface area contributed by atoms with Gasteiger partial charge in [0.15, 0.2) is 0 Å². The molecular weight excluding hydrogens is 182 g/mol. The summed E-state index contributed by atoms with van der Waals surface area (Å²) in [5.41, 5.74) is 2.77. The molecular formula is C10H19NO3. The zero-order chi connectivity index (χ0) is 10.6. The van der Waals surface area contributed by atoms with Crippen LogP contribution in [0.4, 0.5) is 0 Å². The van der Waals surface area contributed by atoms with E-state index in [-0.39, 0.29) is 24.0 Å². The molecule has 4 heteroatoms. The van der Waals surface area contributed by atoms with Crippen molar-refractivity contribution in [2.24, 2.45) is 5.92 Å². The largest absolute Gasteiger partial charge is 0.465 e. The molecule has 1 N–H and O–H groups in total. The average molecular weight is 201 g/mol. The molecule has 0 amide bonds. The Labute approximate surface area is 84.9 Å². The Balaban J connectivity index is 2.57. The Morgan fingerprint density at radius 2 is 2.07 bits per heavy atom. The molecule has 1 aliphatic rings. The fourth-order valence-corrected chi connectivity index (χ4v) is 1.89. The van der Waals surface area contributed by atoms with Crippen LogP contribution < -0.4 is 5.48 Å². The van der Waals surface area contributed by atoms with E-state index in [1.807, 2.05) is 6.92 Å².